The molecule has 3 heteroatoms. The molecule has 3 nitrogen and oxygen atoms in total. The second-order valence-electron chi connectivity index (χ2n) is 4.83. The van der Waals surface area contributed by atoms with Crippen LogP contribution in [0.4, 0.5) is 5.69 Å². The summed E-state index contributed by atoms with van der Waals surface area (Å²) in [6.07, 6.45) is 0. The largest absolute Gasteiger partial charge is 0.493 e. The van der Waals surface area contributed by atoms with Crippen molar-refractivity contribution in [1.29, 1.82) is 0 Å². The summed E-state index contributed by atoms with van der Waals surface area (Å²) in [7, 11) is 0. The number of ether oxygens (including phenoxy) is 1. The van der Waals surface area contributed by atoms with E-state index in [9.17, 15) is 4.79 Å². The number of aryl methyl sites for hydroxylation is 2. The quantitative estimate of drug-likeness (QED) is 0.682. The van der Waals surface area contributed by atoms with Crippen LogP contribution in [0.15, 0.2) is 36.4 Å². The van der Waals surface area contributed by atoms with Crippen LogP contribution in [0, 0.1) is 13.8 Å². The van der Waals surface area contributed by atoms with E-state index in [1.54, 1.807) is 12.1 Å². The first-order valence-electron chi connectivity index (χ1n) is 6.67. The van der Waals surface area contributed by atoms with Gasteiger partial charge in [-0.05, 0) is 56.7 Å². The van der Waals surface area contributed by atoms with E-state index in [0.29, 0.717) is 29.2 Å². The molecule has 0 amide bonds. The maximum Gasteiger partial charge on any atom is 0.196 e. The summed E-state index contributed by atoms with van der Waals surface area (Å²) in [4.78, 5) is 12.6. The molecule has 0 radical (unpaired) electrons. The molecule has 0 saturated heterocycles. The third-order valence-corrected chi connectivity index (χ3v) is 3.21. The molecule has 20 heavy (non-hydrogen) atoms. The smallest absolute Gasteiger partial charge is 0.196 e. The third-order valence-electron chi connectivity index (χ3n) is 3.21. The van der Waals surface area contributed by atoms with E-state index in [2.05, 4.69) is 0 Å². The fourth-order valence-electron chi connectivity index (χ4n) is 2.08. The molecule has 2 N–H and O–H groups in total. The van der Waals surface area contributed by atoms with Gasteiger partial charge in [0.2, 0.25) is 0 Å². The number of carbonyl (C=O) groups is 1. The lowest BCUT2D eigenvalue weighted by molar-refractivity contribution is 0.103. The number of nitrogens with two attached hydrogens (primary N) is 1. The predicted molar refractivity (Wildman–Crippen MR) is 81.4 cm³/mol. The minimum atomic E-state index is -0.0414. The fraction of sp³-hybridized carbons (Fsp3) is 0.235. The zero-order valence-electron chi connectivity index (χ0n) is 12.1. The van der Waals surface area contributed by atoms with Gasteiger partial charge in [-0.25, -0.2) is 0 Å². The Morgan fingerprint density at radius 2 is 1.90 bits per heavy atom. The monoisotopic (exact) mass is 269 g/mol. The standard InChI is InChI=1S/C17H19NO2/c1-4-20-16-8-5-11(2)9-14(16)17(19)13-6-7-15(18)12(3)10-13/h5-10H,4,18H2,1-3H3. The Morgan fingerprint density at radius 3 is 2.55 bits per heavy atom. The van der Waals surface area contributed by atoms with Gasteiger partial charge in [0.25, 0.3) is 0 Å². The topological polar surface area (TPSA) is 52.3 Å². The van der Waals surface area contributed by atoms with Crippen molar-refractivity contribution in [3.63, 3.8) is 0 Å². The van der Waals surface area contributed by atoms with Gasteiger partial charge in [-0.2, -0.15) is 0 Å². The van der Waals surface area contributed by atoms with Crippen molar-refractivity contribution in [2.24, 2.45) is 0 Å². The first-order valence-corrected chi connectivity index (χ1v) is 6.67. The lowest BCUT2D eigenvalue weighted by Gasteiger charge is -2.11. The molecule has 0 aromatic heterocycles. The third kappa shape index (κ3) is 2.82. The summed E-state index contributed by atoms with van der Waals surface area (Å²) >= 11 is 0. The van der Waals surface area contributed by atoms with Crippen LogP contribution in [-0.4, -0.2) is 12.4 Å². The summed E-state index contributed by atoms with van der Waals surface area (Å²) in [5, 5.41) is 0. The van der Waals surface area contributed by atoms with Crippen molar-refractivity contribution in [2.45, 2.75) is 20.8 Å². The van der Waals surface area contributed by atoms with E-state index in [1.807, 2.05) is 45.0 Å². The van der Waals surface area contributed by atoms with Gasteiger partial charge in [0.15, 0.2) is 5.78 Å². The van der Waals surface area contributed by atoms with E-state index >= 15 is 0 Å². The van der Waals surface area contributed by atoms with Crippen LogP contribution < -0.4 is 10.5 Å². The molecule has 2 aromatic carbocycles. The molecule has 0 heterocycles. The van der Waals surface area contributed by atoms with Gasteiger partial charge in [0.05, 0.1) is 12.2 Å². The van der Waals surface area contributed by atoms with Crippen molar-refractivity contribution in [3.8, 4) is 5.75 Å². The fourth-order valence-corrected chi connectivity index (χ4v) is 2.08. The molecule has 0 atom stereocenters. The van der Waals surface area contributed by atoms with E-state index in [-0.39, 0.29) is 5.78 Å². The van der Waals surface area contributed by atoms with Crippen molar-refractivity contribution in [1.82, 2.24) is 0 Å². The SMILES string of the molecule is CCOc1ccc(C)cc1C(=O)c1ccc(N)c(C)c1. The van der Waals surface area contributed by atoms with Crippen molar-refractivity contribution >= 4 is 11.5 Å². The Balaban J connectivity index is 2.46. The number of hydrogen-bond donors (Lipinski definition) is 1. The van der Waals surface area contributed by atoms with Crippen LogP contribution in [0.5, 0.6) is 5.75 Å². The zero-order chi connectivity index (χ0) is 14.7. The van der Waals surface area contributed by atoms with E-state index in [4.69, 9.17) is 10.5 Å². The molecule has 2 rings (SSSR count). The molecule has 2 aromatic rings. The summed E-state index contributed by atoms with van der Waals surface area (Å²) in [6.45, 7) is 6.29. The van der Waals surface area contributed by atoms with Gasteiger partial charge in [-0.15, -0.1) is 0 Å². The normalized spacial score (nSPS) is 10.3. The summed E-state index contributed by atoms with van der Waals surface area (Å²) in [5.41, 5.74) is 9.64. The van der Waals surface area contributed by atoms with Crippen LogP contribution in [0.1, 0.15) is 34.0 Å². The van der Waals surface area contributed by atoms with Crippen molar-refractivity contribution < 1.29 is 9.53 Å². The number of hydrogen-bond acceptors (Lipinski definition) is 3. The maximum absolute atomic E-state index is 12.6. The van der Waals surface area contributed by atoms with Crippen LogP contribution in [0.25, 0.3) is 0 Å². The molecular weight excluding hydrogens is 250 g/mol. The van der Waals surface area contributed by atoms with Crippen LogP contribution in [-0.2, 0) is 0 Å². The molecular formula is C17H19NO2. The molecule has 104 valence electrons. The Morgan fingerprint density at radius 1 is 1.15 bits per heavy atom. The Bertz CT molecular complexity index is 647. The molecule has 0 aliphatic rings. The van der Waals surface area contributed by atoms with E-state index < -0.39 is 0 Å². The van der Waals surface area contributed by atoms with Crippen molar-refractivity contribution in [3.05, 3.63) is 58.7 Å². The highest BCUT2D eigenvalue weighted by molar-refractivity contribution is 6.11. The number of rotatable bonds is 4. The highest BCUT2D eigenvalue weighted by Crippen LogP contribution is 2.24. The first kappa shape index (κ1) is 14.1. The van der Waals surface area contributed by atoms with Gasteiger partial charge in [0, 0.05) is 11.3 Å². The molecule has 0 spiro atoms. The highest BCUT2D eigenvalue weighted by Gasteiger charge is 2.15. The predicted octanol–water partition coefficient (Wildman–Crippen LogP) is 3.52. The average Bonchev–Trinajstić information content (AvgIpc) is 2.43. The zero-order valence-corrected chi connectivity index (χ0v) is 12.1. The molecule has 0 bridgehead atoms. The van der Waals surface area contributed by atoms with Crippen molar-refractivity contribution in [2.75, 3.05) is 12.3 Å². The summed E-state index contributed by atoms with van der Waals surface area (Å²) in [5.74, 6) is 0.581. The Hall–Kier alpha value is -2.29. The van der Waals surface area contributed by atoms with Gasteiger partial charge in [-0.3, -0.25) is 4.79 Å². The number of benzene rings is 2. The number of ketones is 1. The molecule has 0 saturated carbocycles. The molecule has 0 fully saturated rings. The number of carbonyl (C=O) groups excluding carboxylic acids is 1. The first-order chi connectivity index (χ1) is 9.52. The molecule has 0 aliphatic carbocycles. The van der Waals surface area contributed by atoms with Gasteiger partial charge in [0.1, 0.15) is 5.75 Å². The second kappa shape index (κ2) is 5.78. The number of nitrogen functional groups attached to an aromatic ring is 1. The van der Waals surface area contributed by atoms with Crippen LogP contribution in [0.3, 0.4) is 0 Å². The second-order valence-corrected chi connectivity index (χ2v) is 4.83. The average molecular weight is 269 g/mol. The van der Waals surface area contributed by atoms with Gasteiger partial charge in [-0.1, -0.05) is 11.6 Å². The minimum absolute atomic E-state index is 0.0414. The van der Waals surface area contributed by atoms with Gasteiger partial charge < -0.3 is 10.5 Å². The Kier molecular flexibility index (Phi) is 4.08. The summed E-state index contributed by atoms with van der Waals surface area (Å²) < 4.78 is 5.54. The van der Waals surface area contributed by atoms with Crippen LogP contribution >= 0.6 is 0 Å². The molecule has 0 aliphatic heterocycles. The molecule has 0 unspecified atom stereocenters. The lowest BCUT2D eigenvalue weighted by Crippen LogP contribution is -2.06. The van der Waals surface area contributed by atoms with E-state index in [1.165, 1.54) is 0 Å². The maximum atomic E-state index is 12.6. The summed E-state index contributed by atoms with van der Waals surface area (Å²) in [6, 6.07) is 11.0. The van der Waals surface area contributed by atoms with Crippen LogP contribution in [0.2, 0.25) is 0 Å². The Labute approximate surface area is 119 Å². The lowest BCUT2D eigenvalue weighted by atomic mass is 9.99. The minimum Gasteiger partial charge on any atom is -0.493 e. The number of anilines is 1. The van der Waals surface area contributed by atoms with Gasteiger partial charge >= 0.3 is 0 Å². The highest BCUT2D eigenvalue weighted by atomic mass is 16.5. The van der Waals surface area contributed by atoms with E-state index in [0.717, 1.165) is 11.1 Å².